The quantitative estimate of drug-likeness (QED) is 0.284. The summed E-state index contributed by atoms with van der Waals surface area (Å²) < 4.78 is 4.99. The zero-order chi connectivity index (χ0) is 10.1. The molecule has 0 amide bonds. The van der Waals surface area contributed by atoms with Crippen LogP contribution in [-0.4, -0.2) is 30.4 Å². The molecule has 0 saturated carbocycles. The Morgan fingerprint density at radius 2 is 2.08 bits per heavy atom. The second kappa shape index (κ2) is 7.35. The van der Waals surface area contributed by atoms with Crippen molar-refractivity contribution in [2.45, 2.75) is 19.3 Å². The van der Waals surface area contributed by atoms with Gasteiger partial charge < -0.3 is 21.3 Å². The molecule has 0 rings (SSSR count). The molecule has 0 spiro atoms. The lowest BCUT2D eigenvalue weighted by molar-refractivity contribution is -0.137. The molecule has 76 valence electrons. The van der Waals surface area contributed by atoms with Gasteiger partial charge >= 0.3 is 5.97 Å². The largest absolute Gasteiger partial charge is 0.481 e. The second-order valence-electron chi connectivity index (χ2n) is 2.47. The van der Waals surface area contributed by atoms with Crippen LogP contribution in [0.1, 0.15) is 19.3 Å². The molecular formula is C7H15N3O3. The Morgan fingerprint density at radius 1 is 1.38 bits per heavy atom. The van der Waals surface area contributed by atoms with Gasteiger partial charge in [-0.15, -0.1) is 0 Å². The van der Waals surface area contributed by atoms with Crippen LogP contribution in [0.5, 0.6) is 0 Å². The Morgan fingerprint density at radius 3 is 2.62 bits per heavy atom. The van der Waals surface area contributed by atoms with Crippen LogP contribution in [0.3, 0.4) is 0 Å². The van der Waals surface area contributed by atoms with Crippen molar-refractivity contribution in [1.82, 2.24) is 0 Å². The lowest BCUT2D eigenvalue weighted by Gasteiger charge is -1.99. The summed E-state index contributed by atoms with van der Waals surface area (Å²) in [6.45, 7) is 0.611. The summed E-state index contributed by atoms with van der Waals surface area (Å²) in [5.41, 5.74) is 10.1. The Labute approximate surface area is 76.6 Å². The molecule has 0 aromatic rings. The van der Waals surface area contributed by atoms with Crippen LogP contribution >= 0.6 is 0 Å². The number of carbonyl (C=O) groups is 1. The number of carboxylic acid groups (broad SMARTS) is 1. The zero-order valence-corrected chi connectivity index (χ0v) is 7.40. The summed E-state index contributed by atoms with van der Waals surface area (Å²) in [5, 5.41) is 8.29. The average Bonchev–Trinajstić information content (AvgIpc) is 2.01. The van der Waals surface area contributed by atoms with Gasteiger partial charge in [-0.2, -0.15) is 0 Å². The second-order valence-corrected chi connectivity index (χ2v) is 2.47. The number of hydrogen-bond acceptors (Lipinski definition) is 3. The smallest absolute Gasteiger partial charge is 0.303 e. The number of rotatable bonds is 7. The van der Waals surface area contributed by atoms with Gasteiger partial charge in [0.2, 0.25) is 0 Å². The number of ether oxygens (including phenoxy) is 1. The summed E-state index contributed by atoms with van der Waals surface area (Å²) in [6, 6.07) is 0. The van der Waals surface area contributed by atoms with E-state index < -0.39 is 5.97 Å². The van der Waals surface area contributed by atoms with Crippen LogP contribution in [0.15, 0.2) is 4.99 Å². The third-order valence-corrected chi connectivity index (χ3v) is 1.27. The van der Waals surface area contributed by atoms with E-state index in [1.165, 1.54) is 0 Å². The molecule has 0 aliphatic heterocycles. The summed E-state index contributed by atoms with van der Waals surface area (Å²) in [6.07, 6.45) is 1.48. The third-order valence-electron chi connectivity index (χ3n) is 1.27. The average molecular weight is 189 g/mol. The first-order valence-electron chi connectivity index (χ1n) is 3.98. The minimum absolute atomic E-state index is 0.00876. The first kappa shape index (κ1) is 11.7. The summed E-state index contributed by atoms with van der Waals surface area (Å²) in [7, 11) is 0. The lowest BCUT2D eigenvalue weighted by Crippen LogP contribution is -2.23. The van der Waals surface area contributed by atoms with Crippen LogP contribution < -0.4 is 11.5 Å². The SMILES string of the molecule is NC(N)=NCOCCCCC(=O)O. The van der Waals surface area contributed by atoms with E-state index in [9.17, 15) is 4.79 Å². The van der Waals surface area contributed by atoms with Crippen LogP contribution in [0.2, 0.25) is 0 Å². The minimum Gasteiger partial charge on any atom is -0.481 e. The van der Waals surface area contributed by atoms with Crippen LogP contribution in [0.25, 0.3) is 0 Å². The highest BCUT2D eigenvalue weighted by atomic mass is 16.5. The van der Waals surface area contributed by atoms with Gasteiger partial charge in [-0.1, -0.05) is 0 Å². The van der Waals surface area contributed by atoms with Crippen LogP contribution in [0.4, 0.5) is 0 Å². The highest BCUT2D eigenvalue weighted by Crippen LogP contribution is 1.95. The Bertz CT molecular complexity index is 178. The molecule has 0 atom stereocenters. The summed E-state index contributed by atoms with van der Waals surface area (Å²) >= 11 is 0. The van der Waals surface area contributed by atoms with E-state index in [-0.39, 0.29) is 19.1 Å². The maximum atomic E-state index is 10.1. The van der Waals surface area contributed by atoms with Crippen molar-refractivity contribution in [1.29, 1.82) is 0 Å². The molecule has 13 heavy (non-hydrogen) atoms. The molecule has 0 radical (unpaired) electrons. The third kappa shape index (κ3) is 10.7. The number of aliphatic imine (C=N–C) groups is 1. The zero-order valence-electron chi connectivity index (χ0n) is 7.40. The molecule has 6 heteroatoms. The fourth-order valence-corrected chi connectivity index (χ4v) is 0.665. The molecular weight excluding hydrogens is 174 g/mol. The molecule has 5 N–H and O–H groups in total. The van der Waals surface area contributed by atoms with E-state index in [1.54, 1.807) is 0 Å². The Balaban J connectivity index is 3.09. The van der Waals surface area contributed by atoms with E-state index in [0.29, 0.717) is 19.4 Å². The normalized spacial score (nSPS) is 9.54. The number of carboxylic acids is 1. The molecule has 0 fully saturated rings. The number of nitrogens with zero attached hydrogens (tertiary/aromatic N) is 1. The number of unbranched alkanes of at least 4 members (excludes halogenated alkanes) is 1. The van der Waals surface area contributed by atoms with Crippen molar-refractivity contribution in [3.05, 3.63) is 0 Å². The summed E-state index contributed by atoms with van der Waals surface area (Å²) in [4.78, 5) is 13.7. The lowest BCUT2D eigenvalue weighted by atomic mass is 10.2. The van der Waals surface area contributed by atoms with Gasteiger partial charge in [-0.25, -0.2) is 4.99 Å². The minimum atomic E-state index is -0.788. The first-order valence-corrected chi connectivity index (χ1v) is 3.98. The van der Waals surface area contributed by atoms with Crippen LogP contribution in [0, 0.1) is 0 Å². The van der Waals surface area contributed by atoms with Gasteiger partial charge in [0.05, 0.1) is 0 Å². The number of hydrogen-bond donors (Lipinski definition) is 3. The van der Waals surface area contributed by atoms with Gasteiger partial charge in [-0.3, -0.25) is 4.79 Å². The fraction of sp³-hybridized carbons (Fsp3) is 0.714. The Hall–Kier alpha value is -1.30. The molecule has 0 aliphatic rings. The highest BCUT2D eigenvalue weighted by molar-refractivity contribution is 5.75. The first-order chi connectivity index (χ1) is 6.13. The van der Waals surface area contributed by atoms with Gasteiger partial charge in [-0.05, 0) is 12.8 Å². The number of nitrogens with two attached hydrogens (primary N) is 2. The molecule has 0 unspecified atom stereocenters. The molecule has 6 nitrogen and oxygen atoms in total. The van der Waals surface area contributed by atoms with Gasteiger partial charge in [0.15, 0.2) is 5.96 Å². The molecule has 0 heterocycles. The molecule has 0 bridgehead atoms. The van der Waals surface area contributed by atoms with Gasteiger partial charge in [0.1, 0.15) is 6.73 Å². The van der Waals surface area contributed by atoms with Crippen molar-refractivity contribution in [2.24, 2.45) is 16.5 Å². The van der Waals surface area contributed by atoms with Gasteiger partial charge in [0.25, 0.3) is 0 Å². The maximum Gasteiger partial charge on any atom is 0.303 e. The van der Waals surface area contributed by atoms with Crippen molar-refractivity contribution < 1.29 is 14.6 Å². The highest BCUT2D eigenvalue weighted by Gasteiger charge is 1.95. The Kier molecular flexibility index (Phi) is 6.62. The van der Waals surface area contributed by atoms with E-state index >= 15 is 0 Å². The maximum absolute atomic E-state index is 10.1. The summed E-state index contributed by atoms with van der Waals surface area (Å²) in [5.74, 6) is -0.797. The predicted molar refractivity (Wildman–Crippen MR) is 48.1 cm³/mol. The van der Waals surface area contributed by atoms with Crippen molar-refractivity contribution in [3.63, 3.8) is 0 Å². The monoisotopic (exact) mass is 189 g/mol. The van der Waals surface area contributed by atoms with E-state index in [0.717, 1.165) is 0 Å². The van der Waals surface area contributed by atoms with E-state index in [1.807, 2.05) is 0 Å². The molecule has 0 saturated heterocycles. The molecule has 0 aliphatic carbocycles. The van der Waals surface area contributed by atoms with Crippen molar-refractivity contribution in [3.8, 4) is 0 Å². The van der Waals surface area contributed by atoms with Crippen LogP contribution in [-0.2, 0) is 9.53 Å². The number of guanidine groups is 1. The molecule has 0 aromatic carbocycles. The molecule has 0 aromatic heterocycles. The standard InChI is InChI=1S/C7H15N3O3/c8-7(9)10-5-13-4-2-1-3-6(11)12/h1-5H2,(H,11,12)(H4,8,9,10). The van der Waals surface area contributed by atoms with E-state index in [4.69, 9.17) is 21.3 Å². The fourth-order valence-electron chi connectivity index (χ4n) is 0.665. The topological polar surface area (TPSA) is 111 Å². The van der Waals surface area contributed by atoms with Crippen molar-refractivity contribution >= 4 is 11.9 Å². The van der Waals surface area contributed by atoms with Crippen molar-refractivity contribution in [2.75, 3.05) is 13.3 Å². The predicted octanol–water partition coefficient (Wildman–Crippen LogP) is -0.511. The number of aliphatic carboxylic acids is 1. The van der Waals surface area contributed by atoms with E-state index in [2.05, 4.69) is 4.99 Å². The van der Waals surface area contributed by atoms with Gasteiger partial charge in [0, 0.05) is 13.0 Å².